The molecule has 8 heteroatoms. The van der Waals surface area contributed by atoms with Gasteiger partial charge in [0.1, 0.15) is 28.5 Å². The zero-order valence-electron chi connectivity index (χ0n) is 21.9. The Kier molecular flexibility index (Phi) is 10.2. The molecule has 0 aliphatic heterocycles. The first kappa shape index (κ1) is 29.8. The van der Waals surface area contributed by atoms with E-state index in [2.05, 4.69) is 121 Å². The van der Waals surface area contributed by atoms with Gasteiger partial charge in [0.15, 0.2) is 0 Å². The number of carbonyl (C=O) groups is 1. The van der Waals surface area contributed by atoms with E-state index in [1.165, 1.54) is 15.9 Å². The zero-order chi connectivity index (χ0) is 29.1. The summed E-state index contributed by atoms with van der Waals surface area (Å²) < 4.78 is 34.0. The summed E-state index contributed by atoms with van der Waals surface area (Å²) in [5.74, 6) is -0.128. The van der Waals surface area contributed by atoms with Gasteiger partial charge in [-0.25, -0.2) is 18.6 Å². The van der Waals surface area contributed by atoms with E-state index in [-0.39, 0.29) is 5.91 Å². The minimum Gasteiger partial charge on any atom is -0.325 e. The van der Waals surface area contributed by atoms with E-state index in [9.17, 15) is 4.79 Å². The van der Waals surface area contributed by atoms with Crippen molar-refractivity contribution in [2.45, 2.75) is 0 Å². The van der Waals surface area contributed by atoms with Gasteiger partial charge >= 0.3 is 0 Å². The zero-order valence-corrected chi connectivity index (χ0v) is 23.5. The van der Waals surface area contributed by atoms with E-state index in [0.29, 0.717) is 5.56 Å². The van der Waals surface area contributed by atoms with Crippen molar-refractivity contribution >= 4 is 34.4 Å². The maximum atomic E-state index is 13.2. The van der Waals surface area contributed by atoms with E-state index >= 15 is 0 Å². The van der Waals surface area contributed by atoms with E-state index in [4.69, 9.17) is 18.6 Å². The second-order valence-electron chi connectivity index (χ2n) is 8.79. The summed E-state index contributed by atoms with van der Waals surface area (Å²) in [5.41, 5.74) is 1.71. The Balaban J connectivity index is 0.000000714. The number of hydrogen-bond acceptors (Lipinski definition) is 5. The maximum absolute atomic E-state index is 13.2. The van der Waals surface area contributed by atoms with E-state index in [1.807, 2.05) is 42.6 Å². The maximum Gasteiger partial charge on any atom is 0.255 e. The minimum absolute atomic E-state index is 0.128. The van der Waals surface area contributed by atoms with E-state index in [0.717, 1.165) is 10.9 Å². The SMILES string of the molecule is O=C(N/C=C(\c1ccccc1)[P+](c1ccccc1)(c1ccccc1)c1ccccc1)c1ccccc1.[O-][Cl+3]([O-])([O-])[O-]. The highest BCUT2D eigenvalue weighted by Crippen LogP contribution is 2.66. The van der Waals surface area contributed by atoms with Crippen molar-refractivity contribution in [2.75, 3.05) is 0 Å². The number of hydrogen-bond donors (Lipinski definition) is 1. The summed E-state index contributed by atoms with van der Waals surface area (Å²) in [7, 11) is -7.33. The minimum atomic E-state index is -4.94. The molecule has 6 nitrogen and oxygen atoms in total. The lowest BCUT2D eigenvalue weighted by Crippen LogP contribution is -2.68. The molecular weight excluding hydrogens is 557 g/mol. The average molecular weight is 584 g/mol. The number of amides is 1. The smallest absolute Gasteiger partial charge is 0.255 e. The third kappa shape index (κ3) is 7.75. The molecule has 0 aromatic heterocycles. The highest BCUT2D eigenvalue weighted by molar-refractivity contribution is 8.03. The predicted octanol–water partition coefficient (Wildman–Crippen LogP) is 1.65. The van der Waals surface area contributed by atoms with Crippen LogP contribution in [0, 0.1) is 10.2 Å². The van der Waals surface area contributed by atoms with Crippen LogP contribution in [0.3, 0.4) is 0 Å². The second-order valence-corrected chi connectivity index (χ2v) is 12.9. The number of benzene rings is 5. The number of rotatable bonds is 7. The van der Waals surface area contributed by atoms with Crippen LogP contribution >= 0.6 is 7.26 Å². The Bertz CT molecular complexity index is 1440. The molecule has 0 spiro atoms. The number of halogens is 1. The van der Waals surface area contributed by atoms with Crippen LogP contribution in [0.25, 0.3) is 5.31 Å². The van der Waals surface area contributed by atoms with Gasteiger partial charge in [-0.3, -0.25) is 4.79 Å². The first-order valence-electron chi connectivity index (χ1n) is 12.6. The Morgan fingerprint density at radius 3 is 1.15 bits per heavy atom. The van der Waals surface area contributed by atoms with Crippen LogP contribution in [0.15, 0.2) is 158 Å². The van der Waals surface area contributed by atoms with Crippen LogP contribution in [0.4, 0.5) is 0 Å². The molecule has 0 unspecified atom stereocenters. The third-order valence-corrected chi connectivity index (χ3v) is 10.6. The molecule has 0 saturated heterocycles. The van der Waals surface area contributed by atoms with Gasteiger partial charge in [0.25, 0.3) is 5.91 Å². The molecule has 1 N–H and O–H groups in total. The molecule has 41 heavy (non-hydrogen) atoms. The van der Waals surface area contributed by atoms with Crippen LogP contribution in [0.2, 0.25) is 0 Å². The fraction of sp³-hybridized carbons (Fsp3) is 0. The van der Waals surface area contributed by atoms with E-state index < -0.39 is 17.5 Å². The average Bonchev–Trinajstić information content (AvgIpc) is 3.00. The van der Waals surface area contributed by atoms with Crippen molar-refractivity contribution in [3.8, 4) is 0 Å². The van der Waals surface area contributed by atoms with Crippen molar-refractivity contribution in [1.82, 2.24) is 5.32 Å². The lowest BCUT2D eigenvalue weighted by Gasteiger charge is -2.29. The first-order valence-corrected chi connectivity index (χ1v) is 15.6. The van der Waals surface area contributed by atoms with Gasteiger partial charge in [0.2, 0.25) is 0 Å². The van der Waals surface area contributed by atoms with Crippen LogP contribution in [-0.4, -0.2) is 5.91 Å². The lowest BCUT2D eigenvalue weighted by atomic mass is 10.2. The Hall–Kier alpha value is -4.13. The lowest BCUT2D eigenvalue weighted by molar-refractivity contribution is -2.00. The fourth-order valence-electron chi connectivity index (χ4n) is 4.61. The normalized spacial score (nSPS) is 11.7. The first-order chi connectivity index (χ1) is 19.8. The predicted molar refractivity (Wildman–Crippen MR) is 153 cm³/mol. The summed E-state index contributed by atoms with van der Waals surface area (Å²) in [5, 5.41) is 7.92. The van der Waals surface area contributed by atoms with Crippen molar-refractivity contribution in [1.29, 1.82) is 0 Å². The summed E-state index contributed by atoms with van der Waals surface area (Å²) >= 11 is 0. The molecule has 0 heterocycles. The van der Waals surface area contributed by atoms with Gasteiger partial charge in [0.05, 0.1) is 0 Å². The highest BCUT2D eigenvalue weighted by atomic mass is 35.7. The van der Waals surface area contributed by atoms with Crippen LogP contribution in [0.5, 0.6) is 0 Å². The van der Waals surface area contributed by atoms with Gasteiger partial charge in [0, 0.05) is 17.3 Å². The molecule has 1 amide bonds. The quantitative estimate of drug-likeness (QED) is 0.292. The molecule has 5 rings (SSSR count). The molecule has 0 atom stereocenters. The molecule has 0 bridgehead atoms. The molecule has 0 aliphatic rings. The highest BCUT2D eigenvalue weighted by Gasteiger charge is 2.50. The largest absolute Gasteiger partial charge is 0.325 e. The summed E-state index contributed by atoms with van der Waals surface area (Å²) in [6.07, 6.45) is 1.94. The van der Waals surface area contributed by atoms with Gasteiger partial charge in [-0.2, -0.15) is 0 Å². The van der Waals surface area contributed by atoms with Crippen LogP contribution in [0.1, 0.15) is 15.9 Å². The Morgan fingerprint density at radius 2 is 0.805 bits per heavy atom. The van der Waals surface area contributed by atoms with Crippen LogP contribution < -0.4 is 39.9 Å². The number of nitrogens with one attached hydrogen (secondary N) is 1. The third-order valence-electron chi connectivity index (χ3n) is 6.24. The fourth-order valence-corrected chi connectivity index (χ4v) is 8.99. The second kappa shape index (κ2) is 14.0. The Morgan fingerprint density at radius 1 is 0.512 bits per heavy atom. The van der Waals surface area contributed by atoms with Gasteiger partial charge < -0.3 is 5.32 Å². The Labute approximate surface area is 242 Å². The van der Waals surface area contributed by atoms with Crippen molar-refractivity contribution in [3.05, 3.63) is 169 Å². The molecule has 0 fully saturated rings. The summed E-state index contributed by atoms with van der Waals surface area (Å²) in [4.78, 5) is 13.2. The molecule has 0 radical (unpaired) electrons. The standard InChI is InChI=1S/C33H26NOP.ClHO4/c35-33(28-18-8-2-9-19-28)34-26-32(27-16-6-1-7-17-27)36(29-20-10-3-11-21-29,30-22-12-4-13-23-30)31-24-14-5-15-25-31;2-1(3,4)5/h1-26H;(H,2,3,4,5)/b32-26+;. The van der Waals surface area contributed by atoms with E-state index in [1.54, 1.807) is 0 Å². The van der Waals surface area contributed by atoms with Crippen molar-refractivity contribution < 1.29 is 33.7 Å². The molecule has 206 valence electrons. The van der Waals surface area contributed by atoms with Gasteiger partial charge in [-0.15, -0.1) is 10.2 Å². The molecule has 0 aliphatic carbocycles. The van der Waals surface area contributed by atoms with Crippen LogP contribution in [-0.2, 0) is 0 Å². The van der Waals surface area contributed by atoms with Gasteiger partial charge in [-0.1, -0.05) is 103 Å². The molecule has 0 saturated carbocycles. The van der Waals surface area contributed by atoms with Crippen molar-refractivity contribution in [2.24, 2.45) is 0 Å². The monoisotopic (exact) mass is 583 g/mol. The van der Waals surface area contributed by atoms with Gasteiger partial charge in [-0.05, 0) is 48.5 Å². The number of carbonyl (C=O) groups excluding carboxylic acids is 1. The molecule has 5 aromatic rings. The molecular formula is C33H27ClNO5P. The summed E-state index contributed by atoms with van der Waals surface area (Å²) in [6.45, 7) is 0. The summed E-state index contributed by atoms with van der Waals surface area (Å²) in [6, 6.07) is 51.8. The topological polar surface area (TPSA) is 121 Å². The van der Waals surface area contributed by atoms with Crippen molar-refractivity contribution in [3.63, 3.8) is 0 Å². The molecule has 5 aromatic carbocycles.